The summed E-state index contributed by atoms with van der Waals surface area (Å²) in [5.41, 5.74) is 10.7. The quantitative estimate of drug-likeness (QED) is 0.193. The fourth-order valence-electron chi connectivity index (χ4n) is 1.77. The Hall–Kier alpha value is -1.75. The largest absolute Gasteiger partial charge is 0.480 e. The van der Waals surface area contributed by atoms with E-state index in [4.69, 9.17) is 21.7 Å². The third kappa shape index (κ3) is 7.88. The van der Waals surface area contributed by atoms with Crippen LogP contribution in [-0.2, 0) is 14.4 Å². The van der Waals surface area contributed by atoms with Crippen LogP contribution >= 0.6 is 0 Å². The lowest BCUT2D eigenvalue weighted by atomic mass is 10.1. The summed E-state index contributed by atoms with van der Waals surface area (Å²) in [5, 5.41) is 31.7. The molecular formula is C13H26N4O6. The Labute approximate surface area is 134 Å². The molecule has 0 unspecified atom stereocenters. The van der Waals surface area contributed by atoms with Crippen LogP contribution in [0.3, 0.4) is 0 Å². The smallest absolute Gasteiger partial charge is 0.328 e. The van der Waals surface area contributed by atoms with Gasteiger partial charge in [-0.15, -0.1) is 0 Å². The molecule has 10 nitrogen and oxygen atoms in total. The highest BCUT2D eigenvalue weighted by molar-refractivity contribution is 5.91. The van der Waals surface area contributed by atoms with Crippen LogP contribution in [0.4, 0.5) is 0 Å². The van der Waals surface area contributed by atoms with Crippen molar-refractivity contribution in [3.63, 3.8) is 0 Å². The van der Waals surface area contributed by atoms with Crippen molar-refractivity contribution in [1.29, 1.82) is 0 Å². The number of carbonyl (C=O) groups excluding carboxylic acids is 2. The minimum atomic E-state index is -1.50. The molecule has 0 aromatic carbocycles. The topological polar surface area (TPSA) is 188 Å². The molecule has 0 spiro atoms. The number of nitrogens with two attached hydrogens (primary N) is 2. The SMILES string of the molecule is C[C@@H](O)[C@H](NC(=O)[C@H](CCCCN)NC(=O)[C@@H](N)CO)C(=O)O. The molecule has 134 valence electrons. The number of unbranched alkanes of at least 4 members (excludes halogenated alkanes) is 1. The number of carbonyl (C=O) groups is 3. The Morgan fingerprint density at radius 3 is 2.17 bits per heavy atom. The second-order valence-corrected chi connectivity index (χ2v) is 5.20. The molecule has 10 heteroatoms. The number of aliphatic hydroxyl groups is 2. The number of rotatable bonds is 11. The molecule has 0 aromatic rings. The molecule has 0 rings (SSSR count). The Bertz CT molecular complexity index is 404. The lowest BCUT2D eigenvalue weighted by Crippen LogP contribution is -2.56. The summed E-state index contributed by atoms with van der Waals surface area (Å²) in [4.78, 5) is 34.9. The molecule has 2 amide bonds. The van der Waals surface area contributed by atoms with Gasteiger partial charge in [-0.05, 0) is 32.7 Å². The first kappa shape index (κ1) is 21.2. The van der Waals surface area contributed by atoms with Gasteiger partial charge < -0.3 is 37.4 Å². The van der Waals surface area contributed by atoms with E-state index in [1.165, 1.54) is 6.92 Å². The van der Waals surface area contributed by atoms with Crippen molar-refractivity contribution in [2.45, 2.75) is 50.4 Å². The Kier molecular flexibility index (Phi) is 10.1. The highest BCUT2D eigenvalue weighted by Gasteiger charge is 2.29. The number of aliphatic carboxylic acids is 1. The van der Waals surface area contributed by atoms with E-state index in [2.05, 4.69) is 10.6 Å². The average molecular weight is 334 g/mol. The average Bonchev–Trinajstić information content (AvgIpc) is 2.49. The lowest BCUT2D eigenvalue weighted by Gasteiger charge is -2.23. The number of aliphatic hydroxyl groups excluding tert-OH is 2. The number of hydrogen-bond donors (Lipinski definition) is 7. The first-order valence-corrected chi connectivity index (χ1v) is 7.32. The van der Waals surface area contributed by atoms with Crippen LogP contribution in [0.2, 0.25) is 0 Å². The first-order valence-electron chi connectivity index (χ1n) is 7.32. The third-order valence-electron chi connectivity index (χ3n) is 3.16. The van der Waals surface area contributed by atoms with E-state index in [1.807, 2.05) is 0 Å². The molecule has 0 bridgehead atoms. The van der Waals surface area contributed by atoms with Gasteiger partial charge in [0.05, 0.1) is 12.7 Å². The summed E-state index contributed by atoms with van der Waals surface area (Å²) in [7, 11) is 0. The molecule has 0 fully saturated rings. The molecule has 0 heterocycles. The summed E-state index contributed by atoms with van der Waals surface area (Å²) in [6, 6.07) is -3.72. The van der Waals surface area contributed by atoms with Crippen LogP contribution in [-0.4, -0.2) is 70.5 Å². The second kappa shape index (κ2) is 10.9. The van der Waals surface area contributed by atoms with Crippen molar-refractivity contribution >= 4 is 17.8 Å². The van der Waals surface area contributed by atoms with Gasteiger partial charge in [-0.25, -0.2) is 4.79 Å². The van der Waals surface area contributed by atoms with Gasteiger partial charge in [-0.1, -0.05) is 0 Å². The Balaban J connectivity index is 4.91. The Morgan fingerprint density at radius 1 is 1.13 bits per heavy atom. The van der Waals surface area contributed by atoms with Crippen molar-refractivity contribution in [1.82, 2.24) is 10.6 Å². The van der Waals surface area contributed by atoms with Crippen LogP contribution in [0.5, 0.6) is 0 Å². The van der Waals surface area contributed by atoms with Crippen molar-refractivity contribution in [3.05, 3.63) is 0 Å². The van der Waals surface area contributed by atoms with Crippen molar-refractivity contribution in [2.75, 3.05) is 13.2 Å². The van der Waals surface area contributed by atoms with E-state index < -0.39 is 48.6 Å². The summed E-state index contributed by atoms with van der Waals surface area (Å²) in [6.45, 7) is 1.04. The molecule has 0 aliphatic rings. The standard InChI is InChI=1S/C13H26N4O6/c1-7(19)10(13(22)23)17-12(21)9(4-2-3-5-14)16-11(20)8(15)6-18/h7-10,18-19H,2-6,14-15H2,1H3,(H,16,20)(H,17,21)(H,22,23)/t7-,8+,9+,10+/m1/s1. The molecule has 0 aromatic heterocycles. The fourth-order valence-corrected chi connectivity index (χ4v) is 1.77. The maximum absolute atomic E-state index is 12.2. The van der Waals surface area contributed by atoms with Crippen molar-refractivity contribution < 1.29 is 29.7 Å². The number of carboxylic acids is 1. The highest BCUT2D eigenvalue weighted by Crippen LogP contribution is 2.03. The molecular weight excluding hydrogens is 308 g/mol. The van der Waals surface area contributed by atoms with Gasteiger partial charge in [0.2, 0.25) is 11.8 Å². The van der Waals surface area contributed by atoms with Crippen molar-refractivity contribution in [3.8, 4) is 0 Å². The van der Waals surface area contributed by atoms with Gasteiger partial charge >= 0.3 is 5.97 Å². The summed E-state index contributed by atoms with van der Waals surface area (Å²) < 4.78 is 0. The maximum Gasteiger partial charge on any atom is 0.328 e. The van der Waals surface area contributed by atoms with Crippen LogP contribution in [0.25, 0.3) is 0 Å². The van der Waals surface area contributed by atoms with Gasteiger partial charge in [0.15, 0.2) is 6.04 Å². The normalized spacial score (nSPS) is 16.0. The molecule has 0 radical (unpaired) electrons. The zero-order valence-corrected chi connectivity index (χ0v) is 13.1. The Morgan fingerprint density at radius 2 is 1.74 bits per heavy atom. The molecule has 23 heavy (non-hydrogen) atoms. The van der Waals surface area contributed by atoms with Crippen LogP contribution < -0.4 is 22.1 Å². The number of nitrogens with one attached hydrogen (secondary N) is 2. The first-order chi connectivity index (χ1) is 10.7. The van der Waals surface area contributed by atoms with Gasteiger partial charge in [-0.3, -0.25) is 9.59 Å². The zero-order valence-electron chi connectivity index (χ0n) is 13.1. The zero-order chi connectivity index (χ0) is 18.0. The monoisotopic (exact) mass is 334 g/mol. The fraction of sp³-hybridized carbons (Fsp3) is 0.769. The summed E-state index contributed by atoms with van der Waals surface area (Å²) in [5.74, 6) is -2.88. The van der Waals surface area contributed by atoms with Gasteiger partial charge in [0, 0.05) is 0 Å². The predicted molar refractivity (Wildman–Crippen MR) is 81.1 cm³/mol. The van der Waals surface area contributed by atoms with E-state index in [9.17, 15) is 19.5 Å². The van der Waals surface area contributed by atoms with E-state index in [-0.39, 0.29) is 6.42 Å². The molecule has 4 atom stereocenters. The second-order valence-electron chi connectivity index (χ2n) is 5.20. The minimum absolute atomic E-state index is 0.221. The third-order valence-corrected chi connectivity index (χ3v) is 3.16. The number of amides is 2. The maximum atomic E-state index is 12.2. The summed E-state index contributed by atoms with van der Waals surface area (Å²) in [6.07, 6.45) is 0.0515. The number of hydrogen-bond acceptors (Lipinski definition) is 7. The summed E-state index contributed by atoms with van der Waals surface area (Å²) >= 11 is 0. The van der Waals surface area contributed by atoms with E-state index in [0.717, 1.165) is 0 Å². The molecule has 0 saturated heterocycles. The highest BCUT2D eigenvalue weighted by atomic mass is 16.4. The lowest BCUT2D eigenvalue weighted by molar-refractivity contribution is -0.145. The van der Waals surface area contributed by atoms with Gasteiger partial charge in [0.1, 0.15) is 12.1 Å². The van der Waals surface area contributed by atoms with Crippen molar-refractivity contribution in [2.24, 2.45) is 11.5 Å². The number of carboxylic acid groups (broad SMARTS) is 1. The minimum Gasteiger partial charge on any atom is -0.480 e. The molecule has 0 saturated carbocycles. The molecule has 0 aliphatic carbocycles. The van der Waals surface area contributed by atoms with E-state index in [0.29, 0.717) is 19.4 Å². The van der Waals surface area contributed by atoms with E-state index >= 15 is 0 Å². The van der Waals surface area contributed by atoms with Gasteiger partial charge in [-0.2, -0.15) is 0 Å². The predicted octanol–water partition coefficient (Wildman–Crippen LogP) is -3.13. The van der Waals surface area contributed by atoms with Crippen LogP contribution in [0, 0.1) is 0 Å². The molecule has 0 aliphatic heterocycles. The van der Waals surface area contributed by atoms with Crippen LogP contribution in [0.15, 0.2) is 0 Å². The van der Waals surface area contributed by atoms with Crippen LogP contribution in [0.1, 0.15) is 26.2 Å². The molecule has 9 N–H and O–H groups in total. The van der Waals surface area contributed by atoms with E-state index in [1.54, 1.807) is 0 Å². The van der Waals surface area contributed by atoms with Gasteiger partial charge in [0.25, 0.3) is 0 Å².